The molecule has 1 aromatic carbocycles. The van der Waals surface area contributed by atoms with Gasteiger partial charge in [-0.05, 0) is 58.4 Å². The van der Waals surface area contributed by atoms with Crippen molar-refractivity contribution in [3.8, 4) is 0 Å². The van der Waals surface area contributed by atoms with Crippen molar-refractivity contribution in [2.24, 2.45) is 0 Å². The molecule has 0 saturated heterocycles. The van der Waals surface area contributed by atoms with E-state index in [2.05, 4.69) is 21.2 Å². The highest BCUT2D eigenvalue weighted by molar-refractivity contribution is 9.10. The van der Waals surface area contributed by atoms with E-state index >= 15 is 0 Å². The smallest absolute Gasteiger partial charge is 0.169 e. The van der Waals surface area contributed by atoms with Crippen LogP contribution in [0.25, 0.3) is 0 Å². The summed E-state index contributed by atoms with van der Waals surface area (Å²) in [4.78, 5) is 0. The number of halogens is 3. The van der Waals surface area contributed by atoms with Gasteiger partial charge in [-0.15, -0.1) is 0 Å². The molecule has 0 bridgehead atoms. The van der Waals surface area contributed by atoms with Crippen molar-refractivity contribution in [3.05, 3.63) is 56.4 Å². The summed E-state index contributed by atoms with van der Waals surface area (Å²) in [6.07, 6.45) is 0. The van der Waals surface area contributed by atoms with Crippen molar-refractivity contribution in [1.82, 2.24) is 5.32 Å². The average Bonchev–Trinajstić information content (AvgIpc) is 2.76. The van der Waals surface area contributed by atoms with Gasteiger partial charge in [0.2, 0.25) is 0 Å². The van der Waals surface area contributed by atoms with Gasteiger partial charge < -0.3 is 9.73 Å². The minimum atomic E-state index is -0.104. The number of benzene rings is 1. The van der Waals surface area contributed by atoms with Crippen molar-refractivity contribution in [3.63, 3.8) is 0 Å². The van der Waals surface area contributed by atoms with Crippen LogP contribution >= 0.6 is 39.1 Å². The third-order valence-corrected chi connectivity index (χ3v) is 3.56. The van der Waals surface area contributed by atoms with E-state index in [9.17, 15) is 0 Å². The Morgan fingerprint density at radius 3 is 2.67 bits per heavy atom. The maximum atomic E-state index is 6.23. The Kier molecular flexibility index (Phi) is 4.73. The Morgan fingerprint density at radius 2 is 2.06 bits per heavy atom. The van der Waals surface area contributed by atoms with Crippen LogP contribution in [0, 0.1) is 0 Å². The predicted molar refractivity (Wildman–Crippen MR) is 78.4 cm³/mol. The molecule has 1 heterocycles. The van der Waals surface area contributed by atoms with Gasteiger partial charge in [0.15, 0.2) is 4.67 Å². The Labute approximate surface area is 124 Å². The van der Waals surface area contributed by atoms with E-state index in [-0.39, 0.29) is 6.04 Å². The second-order valence-corrected chi connectivity index (χ2v) is 5.42. The first kappa shape index (κ1) is 13.9. The summed E-state index contributed by atoms with van der Waals surface area (Å²) in [6.45, 7) is 2.83. The summed E-state index contributed by atoms with van der Waals surface area (Å²) in [6, 6.07) is 9.09. The van der Waals surface area contributed by atoms with Gasteiger partial charge in [-0.2, -0.15) is 0 Å². The van der Waals surface area contributed by atoms with Crippen LogP contribution in [0.2, 0.25) is 10.0 Å². The van der Waals surface area contributed by atoms with E-state index in [0.717, 1.165) is 17.9 Å². The summed E-state index contributed by atoms with van der Waals surface area (Å²) in [5.74, 6) is 0.799. The zero-order valence-electron chi connectivity index (χ0n) is 9.71. The summed E-state index contributed by atoms with van der Waals surface area (Å²) in [5, 5.41) is 4.66. The molecule has 1 aromatic heterocycles. The normalized spacial score (nSPS) is 12.7. The Bertz CT molecular complexity index is 542. The third-order valence-electron chi connectivity index (χ3n) is 2.56. The van der Waals surface area contributed by atoms with Crippen molar-refractivity contribution in [2.75, 3.05) is 6.54 Å². The van der Waals surface area contributed by atoms with Gasteiger partial charge in [0, 0.05) is 10.0 Å². The average molecular weight is 349 g/mol. The molecule has 0 aliphatic carbocycles. The van der Waals surface area contributed by atoms with E-state index in [1.807, 2.05) is 25.1 Å². The van der Waals surface area contributed by atoms with Crippen LogP contribution < -0.4 is 5.32 Å². The highest BCUT2D eigenvalue weighted by atomic mass is 79.9. The zero-order valence-corrected chi connectivity index (χ0v) is 12.8. The van der Waals surface area contributed by atoms with Gasteiger partial charge in [-0.25, -0.2) is 0 Å². The van der Waals surface area contributed by atoms with Crippen molar-refractivity contribution in [2.45, 2.75) is 13.0 Å². The molecule has 0 radical (unpaired) electrons. The molecule has 18 heavy (non-hydrogen) atoms. The molecule has 0 amide bonds. The summed E-state index contributed by atoms with van der Waals surface area (Å²) in [7, 11) is 0. The molecule has 1 atom stereocenters. The molecule has 2 rings (SSSR count). The lowest BCUT2D eigenvalue weighted by molar-refractivity contribution is 0.437. The van der Waals surface area contributed by atoms with E-state index in [1.54, 1.807) is 12.1 Å². The Morgan fingerprint density at radius 1 is 1.28 bits per heavy atom. The first-order valence-corrected chi connectivity index (χ1v) is 7.10. The largest absolute Gasteiger partial charge is 0.452 e. The molecule has 0 aliphatic heterocycles. The Hall–Kier alpha value is -0.480. The van der Waals surface area contributed by atoms with E-state index in [1.165, 1.54) is 0 Å². The number of hydrogen-bond donors (Lipinski definition) is 1. The molecular formula is C13H12BrCl2NO. The minimum Gasteiger partial charge on any atom is -0.452 e. The maximum Gasteiger partial charge on any atom is 0.169 e. The lowest BCUT2D eigenvalue weighted by atomic mass is 10.0. The number of hydrogen-bond acceptors (Lipinski definition) is 2. The molecule has 2 nitrogen and oxygen atoms in total. The summed E-state index contributed by atoms with van der Waals surface area (Å²) < 4.78 is 6.29. The molecule has 0 aliphatic rings. The highest BCUT2D eigenvalue weighted by Gasteiger charge is 2.19. The van der Waals surface area contributed by atoms with E-state index < -0.39 is 0 Å². The monoisotopic (exact) mass is 347 g/mol. The van der Waals surface area contributed by atoms with Crippen LogP contribution in [0.3, 0.4) is 0 Å². The van der Waals surface area contributed by atoms with Gasteiger partial charge in [0.25, 0.3) is 0 Å². The lowest BCUT2D eigenvalue weighted by Crippen LogP contribution is -2.21. The molecule has 1 N–H and O–H groups in total. The van der Waals surface area contributed by atoms with Gasteiger partial charge >= 0.3 is 0 Å². The predicted octanol–water partition coefficient (Wildman–Crippen LogP) is 5.05. The topological polar surface area (TPSA) is 25.2 Å². The van der Waals surface area contributed by atoms with E-state index in [0.29, 0.717) is 14.7 Å². The van der Waals surface area contributed by atoms with Gasteiger partial charge in [-0.1, -0.05) is 30.1 Å². The second-order valence-electron chi connectivity index (χ2n) is 3.80. The van der Waals surface area contributed by atoms with Crippen LogP contribution in [-0.4, -0.2) is 6.54 Å². The minimum absolute atomic E-state index is 0.104. The fourth-order valence-corrected chi connectivity index (χ4v) is 2.51. The highest BCUT2D eigenvalue weighted by Crippen LogP contribution is 2.32. The number of furan rings is 1. The fraction of sp³-hybridized carbons (Fsp3) is 0.231. The molecular weight excluding hydrogens is 337 g/mol. The third kappa shape index (κ3) is 3.09. The second kappa shape index (κ2) is 6.11. The molecule has 5 heteroatoms. The first-order valence-electron chi connectivity index (χ1n) is 5.55. The SMILES string of the molecule is CCNC(c1ccc(Br)o1)c1cc(Cl)ccc1Cl. The van der Waals surface area contributed by atoms with Crippen molar-refractivity contribution >= 4 is 39.1 Å². The molecule has 1 unspecified atom stereocenters. The molecule has 96 valence electrons. The van der Waals surface area contributed by atoms with Crippen LogP contribution in [0.4, 0.5) is 0 Å². The van der Waals surface area contributed by atoms with Crippen LogP contribution in [-0.2, 0) is 0 Å². The summed E-state index contributed by atoms with van der Waals surface area (Å²) in [5.41, 5.74) is 0.910. The number of nitrogens with one attached hydrogen (secondary N) is 1. The van der Waals surface area contributed by atoms with Crippen molar-refractivity contribution < 1.29 is 4.42 Å². The van der Waals surface area contributed by atoms with Gasteiger partial charge in [-0.3, -0.25) is 0 Å². The lowest BCUT2D eigenvalue weighted by Gasteiger charge is -2.17. The van der Waals surface area contributed by atoms with Crippen molar-refractivity contribution in [1.29, 1.82) is 0 Å². The fourth-order valence-electron chi connectivity index (χ4n) is 1.79. The Balaban J connectivity index is 2.44. The van der Waals surface area contributed by atoms with Gasteiger partial charge in [0.1, 0.15) is 5.76 Å². The van der Waals surface area contributed by atoms with Crippen LogP contribution in [0.5, 0.6) is 0 Å². The van der Waals surface area contributed by atoms with Crippen LogP contribution in [0.15, 0.2) is 39.4 Å². The van der Waals surface area contributed by atoms with E-state index in [4.69, 9.17) is 27.6 Å². The molecule has 2 aromatic rings. The maximum absolute atomic E-state index is 6.23. The standard InChI is InChI=1S/C13H12BrCl2NO/c1-2-17-13(11-5-6-12(14)18-11)9-7-8(15)3-4-10(9)16/h3-7,13,17H,2H2,1H3. The summed E-state index contributed by atoms with van der Waals surface area (Å²) >= 11 is 15.6. The quantitative estimate of drug-likeness (QED) is 0.836. The molecule has 0 saturated carbocycles. The molecule has 0 fully saturated rings. The zero-order chi connectivity index (χ0) is 13.1. The number of rotatable bonds is 4. The first-order chi connectivity index (χ1) is 8.61. The molecule has 0 spiro atoms. The van der Waals surface area contributed by atoms with Crippen LogP contribution in [0.1, 0.15) is 24.3 Å². The van der Waals surface area contributed by atoms with Gasteiger partial charge in [0.05, 0.1) is 6.04 Å².